The highest BCUT2D eigenvalue weighted by atomic mass is 32.1. The zero-order valence-corrected chi connectivity index (χ0v) is 10.6. The number of carbonyl (C=O) groups excluding carboxylic acids is 1. The van der Waals surface area contributed by atoms with Crippen LogP contribution >= 0.6 is 12.6 Å². The zero-order chi connectivity index (χ0) is 12.0. The summed E-state index contributed by atoms with van der Waals surface area (Å²) in [5.74, 6) is -0.204. The van der Waals surface area contributed by atoms with E-state index in [1.165, 1.54) is 7.11 Å². The van der Waals surface area contributed by atoms with Gasteiger partial charge < -0.3 is 4.74 Å². The predicted octanol–water partition coefficient (Wildman–Crippen LogP) is 3.25. The van der Waals surface area contributed by atoms with Gasteiger partial charge in [0, 0.05) is 5.25 Å². The van der Waals surface area contributed by atoms with Gasteiger partial charge in [-0.1, -0.05) is 37.3 Å². The number of ether oxygens (including phenoxy) is 1. The molecule has 2 atom stereocenters. The molecule has 0 aliphatic heterocycles. The van der Waals surface area contributed by atoms with Crippen LogP contribution in [-0.4, -0.2) is 13.1 Å². The van der Waals surface area contributed by atoms with Gasteiger partial charge in [0.1, 0.15) is 0 Å². The van der Waals surface area contributed by atoms with Crippen LogP contribution in [0, 0.1) is 5.92 Å². The number of rotatable bonds is 5. The van der Waals surface area contributed by atoms with E-state index in [9.17, 15) is 4.79 Å². The monoisotopic (exact) mass is 238 g/mol. The van der Waals surface area contributed by atoms with E-state index in [2.05, 4.69) is 12.6 Å². The standard InChI is InChI=1S/C13H18O2S/c1-3-10(13(14)15-2)9-12(16)11-7-5-4-6-8-11/h4-8,10,12,16H,3,9H2,1-2H3. The summed E-state index contributed by atoms with van der Waals surface area (Å²) in [6.45, 7) is 1.99. The van der Waals surface area contributed by atoms with Crippen LogP contribution in [0.5, 0.6) is 0 Å². The summed E-state index contributed by atoms with van der Waals surface area (Å²) >= 11 is 4.54. The summed E-state index contributed by atoms with van der Waals surface area (Å²) in [6.07, 6.45) is 1.51. The molecular weight excluding hydrogens is 220 g/mol. The van der Waals surface area contributed by atoms with Crippen molar-refractivity contribution in [2.45, 2.75) is 25.0 Å². The summed E-state index contributed by atoms with van der Waals surface area (Å²) in [5, 5.41) is 0.0882. The minimum atomic E-state index is -0.141. The number of esters is 1. The molecule has 0 aromatic heterocycles. The Morgan fingerprint density at radius 1 is 1.38 bits per heavy atom. The third kappa shape index (κ3) is 3.56. The molecule has 0 radical (unpaired) electrons. The van der Waals surface area contributed by atoms with Crippen LogP contribution in [-0.2, 0) is 9.53 Å². The average molecular weight is 238 g/mol. The topological polar surface area (TPSA) is 26.3 Å². The first-order valence-electron chi connectivity index (χ1n) is 5.49. The SMILES string of the molecule is CCC(CC(S)c1ccccc1)C(=O)OC. The largest absolute Gasteiger partial charge is 0.469 e. The summed E-state index contributed by atoms with van der Waals surface area (Å²) < 4.78 is 4.77. The predicted molar refractivity (Wildman–Crippen MR) is 68.6 cm³/mol. The van der Waals surface area contributed by atoms with Gasteiger partial charge in [-0.15, -0.1) is 0 Å². The number of hydrogen-bond acceptors (Lipinski definition) is 3. The summed E-state index contributed by atoms with van der Waals surface area (Å²) in [4.78, 5) is 11.5. The van der Waals surface area contributed by atoms with E-state index in [1.807, 2.05) is 37.3 Å². The van der Waals surface area contributed by atoms with Crippen molar-refractivity contribution in [3.05, 3.63) is 35.9 Å². The molecule has 2 nitrogen and oxygen atoms in total. The third-order valence-corrected chi connectivity index (χ3v) is 3.23. The van der Waals surface area contributed by atoms with Crippen LogP contribution in [0.4, 0.5) is 0 Å². The minimum Gasteiger partial charge on any atom is -0.469 e. The molecule has 2 unspecified atom stereocenters. The van der Waals surface area contributed by atoms with Crippen LogP contribution < -0.4 is 0 Å². The Morgan fingerprint density at radius 2 is 2.00 bits per heavy atom. The van der Waals surface area contributed by atoms with Gasteiger partial charge in [0.15, 0.2) is 0 Å². The molecule has 0 amide bonds. The molecule has 1 aromatic carbocycles. The number of thiol groups is 1. The lowest BCUT2D eigenvalue weighted by atomic mass is 9.97. The number of hydrogen-bond donors (Lipinski definition) is 1. The molecule has 0 saturated carbocycles. The lowest BCUT2D eigenvalue weighted by Gasteiger charge is -2.17. The highest BCUT2D eigenvalue weighted by Gasteiger charge is 2.20. The highest BCUT2D eigenvalue weighted by Crippen LogP contribution is 2.29. The zero-order valence-electron chi connectivity index (χ0n) is 9.72. The first kappa shape index (κ1) is 13.1. The maximum Gasteiger partial charge on any atom is 0.308 e. The van der Waals surface area contributed by atoms with E-state index in [-0.39, 0.29) is 17.1 Å². The van der Waals surface area contributed by atoms with E-state index in [1.54, 1.807) is 0 Å². The van der Waals surface area contributed by atoms with Gasteiger partial charge in [-0.05, 0) is 18.4 Å². The molecule has 1 rings (SSSR count). The molecule has 0 spiro atoms. The average Bonchev–Trinajstić information content (AvgIpc) is 2.35. The van der Waals surface area contributed by atoms with Crippen LogP contribution in [0.3, 0.4) is 0 Å². The van der Waals surface area contributed by atoms with Gasteiger partial charge in [0.25, 0.3) is 0 Å². The molecule has 0 aliphatic carbocycles. The fourth-order valence-corrected chi connectivity index (χ4v) is 2.10. The number of benzene rings is 1. The van der Waals surface area contributed by atoms with E-state index in [0.717, 1.165) is 18.4 Å². The van der Waals surface area contributed by atoms with Crippen molar-refractivity contribution < 1.29 is 9.53 Å². The second-order valence-electron chi connectivity index (χ2n) is 3.79. The second-order valence-corrected chi connectivity index (χ2v) is 4.41. The maximum absolute atomic E-state index is 11.5. The molecular formula is C13H18O2S. The van der Waals surface area contributed by atoms with E-state index in [4.69, 9.17) is 4.74 Å². The Balaban J connectivity index is 2.62. The molecule has 0 N–H and O–H groups in total. The van der Waals surface area contributed by atoms with Gasteiger partial charge in [0.05, 0.1) is 13.0 Å². The molecule has 0 bridgehead atoms. The Morgan fingerprint density at radius 3 is 2.50 bits per heavy atom. The van der Waals surface area contributed by atoms with Crippen LogP contribution in [0.2, 0.25) is 0 Å². The molecule has 0 heterocycles. The molecule has 16 heavy (non-hydrogen) atoms. The normalized spacial score (nSPS) is 14.2. The minimum absolute atomic E-state index is 0.0623. The number of carbonyl (C=O) groups is 1. The Labute approximate surface area is 102 Å². The van der Waals surface area contributed by atoms with Gasteiger partial charge in [-0.25, -0.2) is 0 Å². The van der Waals surface area contributed by atoms with Crippen molar-refractivity contribution in [1.29, 1.82) is 0 Å². The van der Waals surface area contributed by atoms with Crippen molar-refractivity contribution in [3.8, 4) is 0 Å². The molecule has 0 aliphatic rings. The first-order chi connectivity index (χ1) is 7.69. The molecule has 1 aromatic rings. The van der Waals surface area contributed by atoms with Crippen LogP contribution in [0.1, 0.15) is 30.6 Å². The molecule has 3 heteroatoms. The quantitative estimate of drug-likeness (QED) is 0.629. The second kappa shape index (κ2) is 6.59. The van der Waals surface area contributed by atoms with E-state index in [0.29, 0.717) is 0 Å². The molecule has 88 valence electrons. The van der Waals surface area contributed by atoms with Crippen molar-refractivity contribution in [2.24, 2.45) is 5.92 Å². The summed E-state index contributed by atoms with van der Waals surface area (Å²) in [6, 6.07) is 10.0. The van der Waals surface area contributed by atoms with Gasteiger partial charge in [0.2, 0.25) is 0 Å². The van der Waals surface area contributed by atoms with Gasteiger partial charge in [-0.2, -0.15) is 12.6 Å². The summed E-state index contributed by atoms with van der Waals surface area (Å²) in [5.41, 5.74) is 1.15. The Kier molecular flexibility index (Phi) is 5.39. The maximum atomic E-state index is 11.5. The fraction of sp³-hybridized carbons (Fsp3) is 0.462. The first-order valence-corrected chi connectivity index (χ1v) is 6.01. The number of methoxy groups -OCH3 is 1. The third-order valence-electron chi connectivity index (χ3n) is 2.72. The molecule has 0 saturated heterocycles. The van der Waals surface area contributed by atoms with Crippen LogP contribution in [0.25, 0.3) is 0 Å². The lowest BCUT2D eigenvalue weighted by Crippen LogP contribution is -2.17. The molecule has 0 fully saturated rings. The van der Waals surface area contributed by atoms with E-state index < -0.39 is 0 Å². The lowest BCUT2D eigenvalue weighted by molar-refractivity contribution is -0.145. The van der Waals surface area contributed by atoms with Crippen molar-refractivity contribution >= 4 is 18.6 Å². The smallest absolute Gasteiger partial charge is 0.308 e. The Hall–Kier alpha value is -0.960. The van der Waals surface area contributed by atoms with Crippen molar-refractivity contribution in [2.75, 3.05) is 7.11 Å². The van der Waals surface area contributed by atoms with Gasteiger partial charge in [-0.3, -0.25) is 4.79 Å². The fourth-order valence-electron chi connectivity index (χ4n) is 1.68. The highest BCUT2D eigenvalue weighted by molar-refractivity contribution is 7.80. The Bertz CT molecular complexity index is 324. The van der Waals surface area contributed by atoms with Crippen LogP contribution in [0.15, 0.2) is 30.3 Å². The van der Waals surface area contributed by atoms with E-state index >= 15 is 0 Å². The summed E-state index contributed by atoms with van der Waals surface area (Å²) in [7, 11) is 1.43. The van der Waals surface area contributed by atoms with Gasteiger partial charge >= 0.3 is 5.97 Å². The van der Waals surface area contributed by atoms with Crippen molar-refractivity contribution in [1.82, 2.24) is 0 Å². The van der Waals surface area contributed by atoms with Crippen molar-refractivity contribution in [3.63, 3.8) is 0 Å².